The van der Waals surface area contributed by atoms with Gasteiger partial charge in [0, 0.05) is 21.3 Å². The summed E-state index contributed by atoms with van der Waals surface area (Å²) in [5.74, 6) is 0.149. The topological polar surface area (TPSA) is 109 Å². The standard InChI is InChI=1S/C25H18BrN3O6S/c1-2-33-25(32)22-17-12-36-23(21(17)24(31)29(28-22)16-7-5-15(26)6-8-16)27-20(30)10-4-14-3-9-18-19(11-14)35-13-34-18/h3-12H,2,13H2,1H3,(H,27,30)/b10-4+. The molecular formula is C25H18BrN3O6S. The van der Waals surface area contributed by atoms with Crippen molar-refractivity contribution in [1.29, 1.82) is 0 Å². The number of anilines is 1. The van der Waals surface area contributed by atoms with E-state index >= 15 is 0 Å². The lowest BCUT2D eigenvalue weighted by molar-refractivity contribution is -0.111. The fraction of sp³-hybridized carbons (Fsp3) is 0.120. The molecule has 2 aromatic heterocycles. The van der Waals surface area contributed by atoms with Crippen LogP contribution < -0.4 is 20.3 Å². The summed E-state index contributed by atoms with van der Waals surface area (Å²) in [5, 5.41) is 9.43. The van der Waals surface area contributed by atoms with Crippen LogP contribution >= 0.6 is 27.3 Å². The van der Waals surface area contributed by atoms with E-state index in [2.05, 4.69) is 26.3 Å². The second-order valence-corrected chi connectivity index (χ2v) is 9.35. The molecule has 3 heterocycles. The zero-order valence-corrected chi connectivity index (χ0v) is 21.2. The van der Waals surface area contributed by atoms with Crippen LogP contribution in [0.15, 0.2) is 63.2 Å². The van der Waals surface area contributed by atoms with Crippen LogP contribution in [0.5, 0.6) is 11.5 Å². The fourth-order valence-corrected chi connectivity index (χ4v) is 4.80. The summed E-state index contributed by atoms with van der Waals surface area (Å²) in [4.78, 5) is 38.8. The van der Waals surface area contributed by atoms with E-state index in [0.717, 1.165) is 26.1 Å². The Hall–Kier alpha value is -3.96. The number of nitrogens with one attached hydrogen (secondary N) is 1. The van der Waals surface area contributed by atoms with Crippen LogP contribution in [0.25, 0.3) is 22.5 Å². The highest BCUT2D eigenvalue weighted by Crippen LogP contribution is 2.33. The van der Waals surface area contributed by atoms with Crippen LogP contribution in [0.2, 0.25) is 0 Å². The number of ether oxygens (including phenoxy) is 3. The molecular weight excluding hydrogens is 550 g/mol. The van der Waals surface area contributed by atoms with Crippen molar-refractivity contribution < 1.29 is 23.8 Å². The summed E-state index contributed by atoms with van der Waals surface area (Å²) >= 11 is 4.49. The highest BCUT2D eigenvalue weighted by molar-refractivity contribution is 9.10. The Bertz CT molecular complexity index is 1580. The predicted molar refractivity (Wildman–Crippen MR) is 139 cm³/mol. The Balaban J connectivity index is 1.51. The summed E-state index contributed by atoms with van der Waals surface area (Å²) in [6, 6.07) is 12.2. The highest BCUT2D eigenvalue weighted by atomic mass is 79.9. The second kappa shape index (κ2) is 9.96. The largest absolute Gasteiger partial charge is 0.461 e. The van der Waals surface area contributed by atoms with Crippen molar-refractivity contribution in [2.75, 3.05) is 18.7 Å². The van der Waals surface area contributed by atoms with Crippen molar-refractivity contribution in [3.8, 4) is 17.2 Å². The molecule has 0 unspecified atom stereocenters. The fourth-order valence-electron chi connectivity index (χ4n) is 3.59. The number of aromatic nitrogens is 2. The lowest BCUT2D eigenvalue weighted by Crippen LogP contribution is -2.25. The van der Waals surface area contributed by atoms with Gasteiger partial charge in [-0.25, -0.2) is 4.79 Å². The zero-order chi connectivity index (χ0) is 25.2. The SMILES string of the molecule is CCOC(=O)c1nn(-c2ccc(Br)cc2)c(=O)c2c(NC(=O)/C=C/c3ccc4c(c3)OCO4)scc12. The molecule has 0 atom stereocenters. The van der Waals surface area contributed by atoms with Gasteiger partial charge in [-0.1, -0.05) is 22.0 Å². The number of thiophene rings is 1. The van der Waals surface area contributed by atoms with Crippen molar-refractivity contribution in [2.24, 2.45) is 0 Å². The Morgan fingerprint density at radius 3 is 2.75 bits per heavy atom. The summed E-state index contributed by atoms with van der Waals surface area (Å²) in [5.41, 5.74) is 0.720. The first kappa shape index (κ1) is 23.8. The van der Waals surface area contributed by atoms with Crippen LogP contribution in [0.4, 0.5) is 5.00 Å². The minimum atomic E-state index is -0.660. The minimum Gasteiger partial charge on any atom is -0.461 e. The Morgan fingerprint density at radius 2 is 1.97 bits per heavy atom. The van der Waals surface area contributed by atoms with Gasteiger partial charge >= 0.3 is 5.97 Å². The van der Waals surface area contributed by atoms with E-state index in [1.165, 1.54) is 6.08 Å². The van der Waals surface area contributed by atoms with Crippen LogP contribution in [0.1, 0.15) is 23.0 Å². The van der Waals surface area contributed by atoms with Gasteiger partial charge in [0.2, 0.25) is 12.7 Å². The van der Waals surface area contributed by atoms with E-state index < -0.39 is 17.4 Å². The molecule has 0 aliphatic carbocycles. The number of hydrogen-bond donors (Lipinski definition) is 1. The van der Waals surface area contributed by atoms with Gasteiger partial charge in [0.05, 0.1) is 17.7 Å². The molecule has 0 bridgehead atoms. The molecule has 5 rings (SSSR count). The first-order valence-corrected chi connectivity index (χ1v) is 12.5. The number of esters is 1. The maximum absolute atomic E-state index is 13.4. The number of carbonyl (C=O) groups excluding carboxylic acids is 2. The van der Waals surface area contributed by atoms with Gasteiger partial charge in [0.15, 0.2) is 17.2 Å². The van der Waals surface area contributed by atoms with Gasteiger partial charge in [-0.05, 0) is 55.0 Å². The van der Waals surface area contributed by atoms with Gasteiger partial charge in [-0.15, -0.1) is 11.3 Å². The van der Waals surface area contributed by atoms with Gasteiger partial charge in [-0.2, -0.15) is 9.78 Å². The molecule has 1 N–H and O–H groups in total. The molecule has 9 nitrogen and oxygen atoms in total. The van der Waals surface area contributed by atoms with E-state index in [1.807, 2.05) is 0 Å². The molecule has 0 radical (unpaired) electrons. The summed E-state index contributed by atoms with van der Waals surface area (Å²) < 4.78 is 17.8. The number of benzene rings is 2. The van der Waals surface area contributed by atoms with Gasteiger partial charge in [0.25, 0.3) is 5.56 Å². The number of fused-ring (bicyclic) bond motifs is 2. The third kappa shape index (κ3) is 4.62. The van der Waals surface area contributed by atoms with Crippen molar-refractivity contribution in [1.82, 2.24) is 9.78 Å². The number of halogens is 1. The Morgan fingerprint density at radius 1 is 1.19 bits per heavy atom. The summed E-state index contributed by atoms with van der Waals surface area (Å²) in [6.07, 6.45) is 2.97. The molecule has 11 heteroatoms. The average molecular weight is 568 g/mol. The third-order valence-corrected chi connectivity index (χ3v) is 6.68. The Kier molecular flexibility index (Phi) is 6.57. The first-order chi connectivity index (χ1) is 17.4. The molecule has 0 saturated heterocycles. The second-order valence-electron chi connectivity index (χ2n) is 7.55. The number of rotatable bonds is 6. The molecule has 36 heavy (non-hydrogen) atoms. The number of carbonyl (C=O) groups is 2. The normalized spacial score (nSPS) is 12.3. The minimum absolute atomic E-state index is 0.0120. The third-order valence-electron chi connectivity index (χ3n) is 5.25. The van der Waals surface area contributed by atoms with Gasteiger partial charge in [-0.3, -0.25) is 9.59 Å². The monoisotopic (exact) mass is 567 g/mol. The maximum Gasteiger partial charge on any atom is 0.359 e. The van der Waals surface area contributed by atoms with Crippen LogP contribution in [-0.2, 0) is 9.53 Å². The van der Waals surface area contributed by atoms with Gasteiger partial charge < -0.3 is 19.5 Å². The van der Waals surface area contributed by atoms with Gasteiger partial charge in [0.1, 0.15) is 5.00 Å². The summed E-state index contributed by atoms with van der Waals surface area (Å²) in [7, 11) is 0. The van der Waals surface area contributed by atoms with Crippen molar-refractivity contribution in [3.63, 3.8) is 0 Å². The lowest BCUT2D eigenvalue weighted by atomic mass is 10.2. The number of hydrogen-bond acceptors (Lipinski definition) is 8. The molecule has 4 aromatic rings. The van der Waals surface area contributed by atoms with Crippen molar-refractivity contribution >= 4 is 61.0 Å². The molecule has 1 aliphatic heterocycles. The predicted octanol–water partition coefficient (Wildman–Crippen LogP) is 4.77. The van der Waals surface area contributed by atoms with Crippen molar-refractivity contribution in [3.05, 3.63) is 80.0 Å². The average Bonchev–Trinajstić information content (AvgIpc) is 3.51. The van der Waals surface area contributed by atoms with E-state index in [9.17, 15) is 14.4 Å². The van der Waals surface area contributed by atoms with E-state index in [0.29, 0.717) is 27.6 Å². The molecule has 0 spiro atoms. The molecule has 0 fully saturated rings. The smallest absolute Gasteiger partial charge is 0.359 e. The molecule has 182 valence electrons. The van der Waals surface area contributed by atoms with Crippen LogP contribution in [0, 0.1) is 0 Å². The van der Waals surface area contributed by atoms with Crippen LogP contribution in [0.3, 0.4) is 0 Å². The van der Waals surface area contributed by atoms with Crippen molar-refractivity contribution in [2.45, 2.75) is 6.92 Å². The number of amides is 1. The van der Waals surface area contributed by atoms with E-state index in [4.69, 9.17) is 14.2 Å². The highest BCUT2D eigenvalue weighted by Gasteiger charge is 2.23. The zero-order valence-electron chi connectivity index (χ0n) is 18.8. The van der Waals surface area contributed by atoms with Crippen LogP contribution in [-0.4, -0.2) is 35.1 Å². The molecule has 2 aromatic carbocycles. The lowest BCUT2D eigenvalue weighted by Gasteiger charge is -2.09. The summed E-state index contributed by atoms with van der Waals surface area (Å²) in [6.45, 7) is 2.00. The molecule has 1 aliphatic rings. The molecule has 0 saturated carbocycles. The van der Waals surface area contributed by atoms with E-state index in [-0.39, 0.29) is 24.5 Å². The van der Waals surface area contributed by atoms with E-state index in [1.54, 1.807) is 60.8 Å². The maximum atomic E-state index is 13.4. The first-order valence-electron chi connectivity index (χ1n) is 10.8. The number of nitrogens with zero attached hydrogens (tertiary/aromatic N) is 2. The molecule has 1 amide bonds. The Labute approximate surface area is 217 Å². The quantitative estimate of drug-likeness (QED) is 0.264.